The molecule has 2 aliphatic rings. The number of carbonyl (C=O) groups excluding carboxylic acids is 1. The largest absolute Gasteiger partial charge is 0.490 e. The first kappa shape index (κ1) is 25.8. The van der Waals surface area contributed by atoms with Crippen molar-refractivity contribution in [3.05, 3.63) is 57.0 Å². The van der Waals surface area contributed by atoms with Gasteiger partial charge in [-0.25, -0.2) is 13.1 Å². The van der Waals surface area contributed by atoms with E-state index in [1.807, 2.05) is 6.07 Å². The van der Waals surface area contributed by atoms with Gasteiger partial charge in [-0.05, 0) is 68.9 Å². The van der Waals surface area contributed by atoms with Gasteiger partial charge in [-0.2, -0.15) is 0 Å². The van der Waals surface area contributed by atoms with Crippen LogP contribution in [0.5, 0.6) is 5.75 Å². The van der Waals surface area contributed by atoms with Crippen molar-refractivity contribution in [3.63, 3.8) is 0 Å². The number of hydrogen-bond donors (Lipinski definition) is 1. The second-order valence-corrected chi connectivity index (χ2v) is 12.3. The second kappa shape index (κ2) is 11.2. The number of rotatable bonds is 6. The Balaban J connectivity index is 1.23. The van der Waals surface area contributed by atoms with E-state index < -0.39 is 15.9 Å². The minimum Gasteiger partial charge on any atom is -0.490 e. The zero-order valence-electron chi connectivity index (χ0n) is 18.6. The Morgan fingerprint density at radius 3 is 2.32 bits per heavy atom. The van der Waals surface area contributed by atoms with Gasteiger partial charge in [-0.3, -0.25) is 4.79 Å². The van der Waals surface area contributed by atoms with Crippen molar-refractivity contribution >= 4 is 55.1 Å². The fourth-order valence-corrected chi connectivity index (χ4v) is 6.64. The maximum atomic E-state index is 12.7. The molecular weight excluding hydrogens is 563 g/mol. The molecule has 0 radical (unpaired) electrons. The third-order valence-electron chi connectivity index (χ3n) is 6.60. The molecule has 1 saturated heterocycles. The highest BCUT2D eigenvalue weighted by molar-refractivity contribution is 9.10. The number of piperidine rings is 1. The van der Waals surface area contributed by atoms with Crippen molar-refractivity contribution in [2.75, 3.05) is 13.1 Å². The Morgan fingerprint density at radius 2 is 1.68 bits per heavy atom. The van der Waals surface area contributed by atoms with E-state index in [1.165, 1.54) is 12.1 Å². The van der Waals surface area contributed by atoms with Gasteiger partial charge in [0.15, 0.2) is 0 Å². The molecule has 1 aliphatic carbocycles. The Bertz CT molecular complexity index is 1130. The molecule has 0 bridgehead atoms. The summed E-state index contributed by atoms with van der Waals surface area (Å²) in [6.45, 7) is 1.87. The lowest BCUT2D eigenvalue weighted by molar-refractivity contribution is -0.124. The lowest BCUT2D eigenvalue weighted by atomic mass is 9.84. The number of halogens is 3. The lowest BCUT2D eigenvalue weighted by Gasteiger charge is -2.40. The van der Waals surface area contributed by atoms with Crippen LogP contribution in [0.1, 0.15) is 38.5 Å². The van der Waals surface area contributed by atoms with Crippen molar-refractivity contribution < 1.29 is 17.9 Å². The molecule has 0 aromatic heterocycles. The monoisotopic (exact) mass is 588 g/mol. The highest BCUT2D eigenvalue weighted by Crippen LogP contribution is 2.32. The molecule has 1 aliphatic heterocycles. The number of hydrogen-bond acceptors (Lipinski definition) is 5. The summed E-state index contributed by atoms with van der Waals surface area (Å²) in [6, 6.07) is 12.1. The molecule has 2 fully saturated rings. The first-order chi connectivity index (χ1) is 16.2. The van der Waals surface area contributed by atoms with Crippen LogP contribution >= 0.6 is 39.1 Å². The normalized spacial score (nSPS) is 22.3. The first-order valence-corrected chi connectivity index (χ1v) is 14.4. The van der Waals surface area contributed by atoms with Gasteiger partial charge in [0.1, 0.15) is 11.9 Å². The van der Waals surface area contributed by atoms with Gasteiger partial charge >= 0.3 is 0 Å². The highest BCUT2D eigenvalue weighted by Gasteiger charge is 2.33. The van der Waals surface area contributed by atoms with Crippen LogP contribution in [0.4, 0.5) is 0 Å². The average Bonchev–Trinajstić information content (AvgIpc) is 2.82. The molecule has 6 nitrogen and oxygen atoms in total. The quantitative estimate of drug-likeness (QED) is 0.470. The molecule has 4 rings (SSSR count). The van der Waals surface area contributed by atoms with Gasteiger partial charge in [0.05, 0.1) is 14.9 Å². The fraction of sp³-hybridized carbons (Fsp3) is 0.458. The minimum absolute atomic E-state index is 0.0786. The van der Waals surface area contributed by atoms with E-state index >= 15 is 0 Å². The third kappa shape index (κ3) is 6.46. The summed E-state index contributed by atoms with van der Waals surface area (Å²) in [7, 11) is -3.87. The number of amides is 1. The predicted molar refractivity (Wildman–Crippen MR) is 137 cm³/mol. The van der Waals surface area contributed by atoms with Crippen molar-refractivity contribution in [1.82, 2.24) is 9.62 Å². The predicted octanol–water partition coefficient (Wildman–Crippen LogP) is 5.66. The van der Waals surface area contributed by atoms with E-state index in [1.54, 1.807) is 24.3 Å². The van der Waals surface area contributed by atoms with E-state index in [2.05, 4.69) is 25.6 Å². The van der Waals surface area contributed by atoms with Crippen LogP contribution in [0.25, 0.3) is 0 Å². The smallest absolute Gasteiger partial charge is 0.264 e. The summed E-state index contributed by atoms with van der Waals surface area (Å²) < 4.78 is 34.1. The van der Waals surface area contributed by atoms with Gasteiger partial charge in [0.25, 0.3) is 10.0 Å². The SMILES string of the molecule is O=C(NS(=O)(=O)c1cccc(Br)c1)C1CCC(N2CCC(Oc3ccc(Cl)c(Cl)c3)CC2)CC1. The number of carbonyl (C=O) groups is 1. The van der Waals surface area contributed by atoms with Crippen LogP contribution in [0, 0.1) is 5.92 Å². The molecule has 184 valence electrons. The molecule has 2 aromatic carbocycles. The lowest BCUT2D eigenvalue weighted by Crippen LogP contribution is -2.46. The number of benzene rings is 2. The number of nitrogens with zero attached hydrogens (tertiary/aromatic N) is 1. The highest BCUT2D eigenvalue weighted by atomic mass is 79.9. The summed E-state index contributed by atoms with van der Waals surface area (Å²) >= 11 is 15.3. The topological polar surface area (TPSA) is 75.7 Å². The van der Waals surface area contributed by atoms with Gasteiger partial charge in [0.2, 0.25) is 5.91 Å². The zero-order chi connectivity index (χ0) is 24.3. The van der Waals surface area contributed by atoms with Crippen LogP contribution in [0.3, 0.4) is 0 Å². The molecule has 1 heterocycles. The molecule has 0 unspecified atom stereocenters. The van der Waals surface area contributed by atoms with E-state index in [-0.39, 0.29) is 16.9 Å². The molecule has 1 amide bonds. The van der Waals surface area contributed by atoms with Crippen molar-refractivity contribution in [3.8, 4) is 5.75 Å². The summed E-state index contributed by atoms with van der Waals surface area (Å²) in [5.74, 6) is 0.0399. The van der Waals surface area contributed by atoms with Crippen LogP contribution in [-0.2, 0) is 14.8 Å². The first-order valence-electron chi connectivity index (χ1n) is 11.4. The molecular formula is C24H27BrCl2N2O4S. The standard InChI is InChI=1S/C24H27BrCl2N2O4S/c25-17-2-1-3-21(14-17)34(31,32)28-24(30)16-4-6-18(7-5-16)29-12-10-19(11-13-29)33-20-8-9-22(26)23(27)15-20/h1-3,8-9,14-16,18-19H,4-7,10-13H2,(H,28,30). The van der Waals surface area contributed by atoms with Gasteiger partial charge in [-0.1, -0.05) is 45.2 Å². The van der Waals surface area contributed by atoms with E-state index in [0.29, 0.717) is 33.4 Å². The van der Waals surface area contributed by atoms with Gasteiger partial charge < -0.3 is 9.64 Å². The van der Waals surface area contributed by atoms with E-state index in [9.17, 15) is 13.2 Å². The number of likely N-dealkylation sites (tertiary alicyclic amines) is 1. The number of sulfonamides is 1. The van der Waals surface area contributed by atoms with Crippen molar-refractivity contribution in [1.29, 1.82) is 0 Å². The zero-order valence-corrected chi connectivity index (χ0v) is 22.5. The van der Waals surface area contributed by atoms with Crippen molar-refractivity contribution in [2.45, 2.75) is 55.6 Å². The van der Waals surface area contributed by atoms with Crippen LogP contribution in [0.15, 0.2) is 51.8 Å². The molecule has 34 heavy (non-hydrogen) atoms. The molecule has 1 saturated carbocycles. The molecule has 1 N–H and O–H groups in total. The Kier molecular flexibility index (Phi) is 8.46. The summed E-state index contributed by atoms with van der Waals surface area (Å²) in [5, 5.41) is 1.00. The molecule has 0 atom stereocenters. The van der Waals surface area contributed by atoms with Crippen LogP contribution < -0.4 is 9.46 Å². The van der Waals surface area contributed by atoms with Crippen molar-refractivity contribution in [2.24, 2.45) is 5.92 Å². The minimum atomic E-state index is -3.87. The maximum Gasteiger partial charge on any atom is 0.264 e. The Hall–Kier alpha value is -1.32. The van der Waals surface area contributed by atoms with Crippen LogP contribution in [-0.4, -0.2) is 44.5 Å². The fourth-order valence-electron chi connectivity index (χ4n) is 4.71. The number of nitrogens with one attached hydrogen (secondary N) is 1. The van der Waals surface area contributed by atoms with Gasteiger partial charge in [-0.15, -0.1) is 0 Å². The summed E-state index contributed by atoms with van der Waals surface area (Å²) in [4.78, 5) is 15.2. The second-order valence-electron chi connectivity index (χ2n) is 8.86. The summed E-state index contributed by atoms with van der Waals surface area (Å²) in [6.07, 6.45) is 5.12. The molecule has 0 spiro atoms. The third-order valence-corrected chi connectivity index (χ3v) is 9.17. The molecule has 10 heteroatoms. The van der Waals surface area contributed by atoms with E-state index in [4.69, 9.17) is 27.9 Å². The maximum absolute atomic E-state index is 12.7. The number of ether oxygens (including phenoxy) is 1. The Morgan fingerprint density at radius 1 is 0.971 bits per heavy atom. The average molecular weight is 590 g/mol. The molecule has 2 aromatic rings. The van der Waals surface area contributed by atoms with Gasteiger partial charge in [0, 0.05) is 35.6 Å². The summed E-state index contributed by atoms with van der Waals surface area (Å²) in [5.41, 5.74) is 0. The van der Waals surface area contributed by atoms with Crippen LogP contribution in [0.2, 0.25) is 10.0 Å². The Labute approximate surface area is 219 Å². The van der Waals surface area contributed by atoms with E-state index in [0.717, 1.165) is 44.5 Å².